The number of ketones is 1. The first-order valence-corrected chi connectivity index (χ1v) is 14.7. The van der Waals surface area contributed by atoms with Crippen molar-refractivity contribution in [3.63, 3.8) is 0 Å². The molecule has 11 heteroatoms. The van der Waals surface area contributed by atoms with Crippen molar-refractivity contribution in [1.82, 2.24) is 9.62 Å². The first-order valence-electron chi connectivity index (χ1n) is 12.4. The molecule has 0 spiro atoms. The van der Waals surface area contributed by atoms with Crippen LogP contribution in [0.15, 0.2) is 64.9 Å². The topological polar surface area (TPSA) is 104 Å². The van der Waals surface area contributed by atoms with Crippen LogP contribution in [0.3, 0.4) is 0 Å². The van der Waals surface area contributed by atoms with E-state index in [4.69, 9.17) is 0 Å². The number of sulfonamides is 1. The maximum atomic E-state index is 14.8. The highest BCUT2D eigenvalue weighted by Gasteiger charge is 2.34. The Labute approximate surface area is 231 Å². The van der Waals surface area contributed by atoms with Crippen LogP contribution in [-0.2, 0) is 32.6 Å². The molecular formula is C28H32F2N2O5S2. The van der Waals surface area contributed by atoms with Crippen LogP contribution < -0.4 is 5.32 Å². The number of nitrogens with zero attached hydrogens (tertiary/aromatic N) is 1. The lowest BCUT2D eigenvalue weighted by molar-refractivity contribution is -0.129. The second-order valence-electron chi connectivity index (χ2n) is 9.59. The van der Waals surface area contributed by atoms with Gasteiger partial charge in [-0.05, 0) is 55.0 Å². The van der Waals surface area contributed by atoms with E-state index >= 15 is 0 Å². The second kappa shape index (κ2) is 13.4. The lowest BCUT2D eigenvalue weighted by atomic mass is 9.98. The molecule has 2 aromatic carbocycles. The van der Waals surface area contributed by atoms with Crippen LogP contribution >= 0.6 is 11.3 Å². The summed E-state index contributed by atoms with van der Waals surface area (Å²) in [4.78, 5) is 24.2. The quantitative estimate of drug-likeness (QED) is 0.316. The van der Waals surface area contributed by atoms with Crippen LogP contribution in [0.25, 0.3) is 0 Å². The molecule has 0 aliphatic heterocycles. The molecule has 3 aromatic rings. The fourth-order valence-electron chi connectivity index (χ4n) is 4.12. The van der Waals surface area contributed by atoms with E-state index in [2.05, 4.69) is 5.32 Å². The van der Waals surface area contributed by atoms with Crippen LogP contribution in [-0.4, -0.2) is 48.2 Å². The summed E-state index contributed by atoms with van der Waals surface area (Å²) < 4.78 is 57.2. The van der Waals surface area contributed by atoms with Gasteiger partial charge in [-0.2, -0.15) is 4.31 Å². The number of thiophene rings is 1. The number of amides is 1. The Morgan fingerprint density at radius 1 is 1.08 bits per heavy atom. The molecular weight excluding hydrogens is 546 g/mol. The van der Waals surface area contributed by atoms with E-state index in [1.165, 1.54) is 25.2 Å². The monoisotopic (exact) mass is 578 g/mol. The number of carbonyl (C=O) groups excluding carboxylic acids is 2. The maximum Gasteiger partial charge on any atom is 0.246 e. The molecule has 0 bridgehead atoms. The first kappa shape index (κ1) is 30.6. The third-order valence-corrected chi connectivity index (χ3v) is 8.95. The number of aliphatic hydroxyl groups excluding tert-OH is 1. The molecule has 1 amide bonds. The zero-order valence-corrected chi connectivity index (χ0v) is 23.6. The highest BCUT2D eigenvalue weighted by atomic mass is 32.2. The van der Waals surface area contributed by atoms with Crippen molar-refractivity contribution in [1.29, 1.82) is 0 Å². The standard InChI is InChI=1S/C28H32F2N2O5S2/c1-18-13-24(30)27(15-23(18)29)39(36,37)32(16-22-10-7-11-38-22)17-26(34)25(14-21-8-5-4-6-9-21)31-28(35)19(2)12-20(3)33/h4-11,13,15,19,25-26,34H,12,14,16-17H2,1-3H3,(H,31,35)/t19-,25-,26+/m0/s1. The summed E-state index contributed by atoms with van der Waals surface area (Å²) in [7, 11) is -4.60. The minimum absolute atomic E-state index is 0.0110. The van der Waals surface area contributed by atoms with Crippen molar-refractivity contribution in [2.75, 3.05) is 6.54 Å². The minimum atomic E-state index is -4.60. The van der Waals surface area contributed by atoms with Crippen LogP contribution in [0.1, 0.15) is 36.3 Å². The highest BCUT2D eigenvalue weighted by Crippen LogP contribution is 2.26. The van der Waals surface area contributed by atoms with E-state index in [0.29, 0.717) is 10.9 Å². The van der Waals surface area contributed by atoms with Crippen molar-refractivity contribution in [2.24, 2.45) is 5.92 Å². The Hall–Kier alpha value is -2.99. The van der Waals surface area contributed by atoms with Crippen LogP contribution in [0, 0.1) is 24.5 Å². The van der Waals surface area contributed by atoms with Gasteiger partial charge in [0.2, 0.25) is 15.9 Å². The van der Waals surface area contributed by atoms with Gasteiger partial charge in [0.05, 0.1) is 12.1 Å². The Morgan fingerprint density at radius 3 is 2.38 bits per heavy atom. The Morgan fingerprint density at radius 2 is 1.77 bits per heavy atom. The smallest absolute Gasteiger partial charge is 0.246 e. The van der Waals surface area contributed by atoms with Gasteiger partial charge in [-0.25, -0.2) is 17.2 Å². The van der Waals surface area contributed by atoms with Gasteiger partial charge in [0.1, 0.15) is 22.3 Å². The van der Waals surface area contributed by atoms with E-state index in [9.17, 15) is 31.9 Å². The number of carbonyl (C=O) groups is 2. The third-order valence-electron chi connectivity index (χ3n) is 6.27. The molecule has 0 fully saturated rings. The number of hydrogen-bond donors (Lipinski definition) is 2. The minimum Gasteiger partial charge on any atom is -0.390 e. The van der Waals surface area contributed by atoms with Gasteiger partial charge in [0.25, 0.3) is 0 Å². The lowest BCUT2D eigenvalue weighted by Gasteiger charge is -2.30. The van der Waals surface area contributed by atoms with Gasteiger partial charge in [-0.3, -0.25) is 4.79 Å². The summed E-state index contributed by atoms with van der Waals surface area (Å²) in [5, 5.41) is 15.8. The molecule has 0 saturated heterocycles. The fourth-order valence-corrected chi connectivity index (χ4v) is 6.42. The van der Waals surface area contributed by atoms with Crippen molar-refractivity contribution >= 4 is 33.1 Å². The second-order valence-corrected chi connectivity index (χ2v) is 12.5. The van der Waals surface area contributed by atoms with Gasteiger partial charge in [-0.15, -0.1) is 11.3 Å². The van der Waals surface area contributed by atoms with E-state index in [0.717, 1.165) is 15.9 Å². The molecule has 1 heterocycles. The van der Waals surface area contributed by atoms with Crippen LogP contribution in [0.5, 0.6) is 0 Å². The third kappa shape index (κ3) is 8.25. The molecule has 0 saturated carbocycles. The molecule has 0 radical (unpaired) electrons. The lowest BCUT2D eigenvalue weighted by Crippen LogP contribution is -2.51. The Bertz CT molecular complexity index is 1380. The molecule has 3 rings (SSSR count). The SMILES string of the molecule is CC(=O)C[C@H](C)C(=O)N[C@@H](Cc1ccccc1)[C@H](O)CN(Cc1cccs1)S(=O)(=O)c1cc(F)c(C)cc1F. The normalized spacial score (nSPS) is 14.1. The zero-order valence-electron chi connectivity index (χ0n) is 21.9. The highest BCUT2D eigenvalue weighted by molar-refractivity contribution is 7.89. The van der Waals surface area contributed by atoms with Crippen molar-refractivity contribution in [2.45, 2.75) is 57.2 Å². The molecule has 7 nitrogen and oxygen atoms in total. The summed E-state index contributed by atoms with van der Waals surface area (Å²) >= 11 is 1.27. The van der Waals surface area contributed by atoms with Crippen LogP contribution in [0.2, 0.25) is 0 Å². The van der Waals surface area contributed by atoms with E-state index < -0.39 is 57.1 Å². The predicted octanol–water partition coefficient (Wildman–Crippen LogP) is 4.23. The van der Waals surface area contributed by atoms with Crippen molar-refractivity contribution in [3.8, 4) is 0 Å². The van der Waals surface area contributed by atoms with E-state index in [1.807, 2.05) is 6.07 Å². The number of halogens is 2. The molecule has 0 unspecified atom stereocenters. The van der Waals surface area contributed by atoms with E-state index in [1.54, 1.807) is 48.7 Å². The van der Waals surface area contributed by atoms with Crippen molar-refractivity contribution < 1.29 is 31.9 Å². The van der Waals surface area contributed by atoms with Gasteiger partial charge in [-0.1, -0.05) is 43.3 Å². The van der Waals surface area contributed by atoms with Gasteiger partial charge in [0.15, 0.2) is 0 Å². The van der Waals surface area contributed by atoms with E-state index in [-0.39, 0.29) is 30.7 Å². The molecule has 3 atom stereocenters. The average molecular weight is 579 g/mol. The summed E-state index contributed by atoms with van der Waals surface area (Å²) in [6, 6.07) is 12.9. The number of aliphatic hydroxyl groups is 1. The zero-order chi connectivity index (χ0) is 28.7. The first-order chi connectivity index (χ1) is 18.4. The molecule has 0 aliphatic carbocycles. The maximum absolute atomic E-state index is 14.8. The summed E-state index contributed by atoms with van der Waals surface area (Å²) in [6.45, 7) is 3.59. The number of aryl methyl sites for hydroxylation is 1. The summed E-state index contributed by atoms with van der Waals surface area (Å²) in [5.41, 5.74) is 0.738. The van der Waals surface area contributed by atoms with Gasteiger partial charge in [0, 0.05) is 30.3 Å². The number of benzene rings is 2. The van der Waals surface area contributed by atoms with Crippen molar-refractivity contribution in [3.05, 3.63) is 87.6 Å². The molecule has 39 heavy (non-hydrogen) atoms. The number of nitrogens with one attached hydrogen (secondary N) is 1. The summed E-state index contributed by atoms with van der Waals surface area (Å²) in [5.74, 6) is -3.28. The summed E-state index contributed by atoms with van der Waals surface area (Å²) in [6.07, 6.45) is -1.25. The van der Waals surface area contributed by atoms with Crippen LogP contribution in [0.4, 0.5) is 8.78 Å². The largest absolute Gasteiger partial charge is 0.390 e. The Kier molecular flexibility index (Phi) is 10.5. The number of Topliss-reactive ketones (excluding diaryl/α,β-unsaturated/α-hetero) is 1. The molecule has 2 N–H and O–H groups in total. The molecule has 210 valence electrons. The Balaban J connectivity index is 1.95. The number of rotatable bonds is 13. The molecule has 0 aliphatic rings. The molecule has 1 aromatic heterocycles. The predicted molar refractivity (Wildman–Crippen MR) is 146 cm³/mol. The fraction of sp³-hybridized carbons (Fsp3) is 0.357. The van der Waals surface area contributed by atoms with Gasteiger partial charge < -0.3 is 15.2 Å². The van der Waals surface area contributed by atoms with Gasteiger partial charge >= 0.3 is 0 Å². The average Bonchev–Trinajstić information content (AvgIpc) is 3.38. The number of hydrogen-bond acceptors (Lipinski definition) is 6.